The first-order valence-corrected chi connectivity index (χ1v) is 7.81. The summed E-state index contributed by atoms with van der Waals surface area (Å²) in [5, 5.41) is 3.65. The Morgan fingerprint density at radius 2 is 1.89 bits per heavy atom. The van der Waals surface area contributed by atoms with Crippen LogP contribution in [0.1, 0.15) is 10.4 Å². The molecule has 98 valence electrons. The molecule has 0 heterocycles. The number of hydrogen-bond acceptors (Lipinski definition) is 1. The van der Waals surface area contributed by atoms with Gasteiger partial charge in [-0.1, -0.05) is 39.1 Å². The molecule has 0 unspecified atom stereocenters. The third-order valence-corrected chi connectivity index (χ3v) is 4.33. The summed E-state index contributed by atoms with van der Waals surface area (Å²) in [4.78, 5) is 12.2. The lowest BCUT2D eigenvalue weighted by Crippen LogP contribution is -2.13. The first kappa shape index (κ1) is 15.1. The van der Waals surface area contributed by atoms with Gasteiger partial charge in [0.25, 0.3) is 5.91 Å². The molecular weight excluding hydrogens is 464 g/mol. The predicted octanol–water partition coefficient (Wildman–Crippen LogP) is 5.61. The molecule has 0 atom stereocenters. The van der Waals surface area contributed by atoms with Crippen LogP contribution in [0.4, 0.5) is 5.69 Å². The van der Waals surface area contributed by atoms with Crippen LogP contribution in [0.15, 0.2) is 40.9 Å². The number of benzene rings is 2. The zero-order valence-corrected chi connectivity index (χ0v) is 14.6. The van der Waals surface area contributed by atoms with Gasteiger partial charge in [-0.2, -0.15) is 0 Å². The van der Waals surface area contributed by atoms with Gasteiger partial charge in [0.2, 0.25) is 0 Å². The Kier molecular flexibility index (Phi) is 5.11. The van der Waals surface area contributed by atoms with E-state index in [1.165, 1.54) is 0 Å². The molecule has 2 rings (SSSR count). The molecule has 2 aromatic carbocycles. The fraction of sp³-hybridized carbons (Fsp3) is 0. The number of hydrogen-bond donors (Lipinski definition) is 1. The van der Waals surface area contributed by atoms with Gasteiger partial charge in [0.1, 0.15) is 0 Å². The minimum atomic E-state index is -0.266. The van der Waals surface area contributed by atoms with Crippen LogP contribution in [-0.2, 0) is 0 Å². The number of nitrogens with one attached hydrogen (secondary N) is 1. The van der Waals surface area contributed by atoms with Crippen LogP contribution in [0.25, 0.3) is 0 Å². The fourth-order valence-corrected chi connectivity index (χ4v) is 2.78. The van der Waals surface area contributed by atoms with Gasteiger partial charge < -0.3 is 5.32 Å². The Morgan fingerprint density at radius 3 is 2.58 bits per heavy atom. The van der Waals surface area contributed by atoms with E-state index in [2.05, 4.69) is 43.8 Å². The van der Waals surface area contributed by atoms with Crippen LogP contribution in [-0.4, -0.2) is 5.91 Å². The van der Waals surface area contributed by atoms with Crippen LogP contribution in [0, 0.1) is 3.57 Å². The molecule has 0 aliphatic heterocycles. The summed E-state index contributed by atoms with van der Waals surface area (Å²) in [6.45, 7) is 0. The van der Waals surface area contributed by atoms with E-state index in [1.54, 1.807) is 18.2 Å². The smallest absolute Gasteiger partial charge is 0.257 e. The predicted molar refractivity (Wildman–Crippen MR) is 91.3 cm³/mol. The molecule has 0 spiro atoms. The third kappa shape index (κ3) is 3.84. The van der Waals surface area contributed by atoms with Gasteiger partial charge in [-0.3, -0.25) is 4.79 Å². The lowest BCUT2D eigenvalue weighted by Gasteiger charge is -2.09. The average molecular weight is 471 g/mol. The Balaban J connectivity index is 2.28. The Bertz CT molecular complexity index is 649. The van der Waals surface area contributed by atoms with Crippen molar-refractivity contribution in [1.82, 2.24) is 0 Å². The van der Waals surface area contributed by atoms with Crippen molar-refractivity contribution >= 4 is 73.3 Å². The van der Waals surface area contributed by atoms with Gasteiger partial charge in [-0.15, -0.1) is 0 Å². The van der Waals surface area contributed by atoms with Crippen LogP contribution in [0.2, 0.25) is 10.0 Å². The monoisotopic (exact) mass is 469 g/mol. The normalized spacial score (nSPS) is 10.3. The second-order valence-corrected chi connectivity index (χ2v) is 6.62. The fourth-order valence-electron chi connectivity index (χ4n) is 1.46. The van der Waals surface area contributed by atoms with Crippen molar-refractivity contribution in [2.24, 2.45) is 0 Å². The molecule has 0 radical (unpaired) electrons. The number of halogens is 4. The summed E-state index contributed by atoms with van der Waals surface area (Å²) in [5.41, 5.74) is 1.12. The summed E-state index contributed by atoms with van der Waals surface area (Å²) in [7, 11) is 0. The molecule has 0 saturated carbocycles. The van der Waals surface area contributed by atoms with Crippen molar-refractivity contribution in [2.75, 3.05) is 5.32 Å². The highest BCUT2D eigenvalue weighted by Gasteiger charge is 2.12. The van der Waals surface area contributed by atoms with Gasteiger partial charge in [0, 0.05) is 13.1 Å². The van der Waals surface area contributed by atoms with Crippen molar-refractivity contribution in [3.05, 3.63) is 60.0 Å². The minimum absolute atomic E-state index is 0.266. The maximum atomic E-state index is 12.2. The van der Waals surface area contributed by atoms with Gasteiger partial charge in [-0.05, 0) is 59.0 Å². The lowest BCUT2D eigenvalue weighted by atomic mass is 10.2. The Labute approximate surface area is 142 Å². The molecule has 0 aliphatic rings. The summed E-state index contributed by atoms with van der Waals surface area (Å²) >= 11 is 17.3. The van der Waals surface area contributed by atoms with Crippen LogP contribution < -0.4 is 5.32 Å². The standard InChI is InChI=1S/C13H7BrCl2INO/c14-7-1-4-11(17)12(5-7)18-13(19)9-3-2-8(15)6-10(9)16/h1-6H,(H,18,19). The van der Waals surface area contributed by atoms with Crippen LogP contribution in [0.3, 0.4) is 0 Å². The molecule has 0 aliphatic carbocycles. The van der Waals surface area contributed by atoms with E-state index in [9.17, 15) is 4.79 Å². The summed E-state index contributed by atoms with van der Waals surface area (Å²) in [5.74, 6) is -0.266. The number of carbonyl (C=O) groups excluding carboxylic acids is 1. The van der Waals surface area contributed by atoms with Crippen LogP contribution in [0.5, 0.6) is 0 Å². The molecule has 6 heteroatoms. The van der Waals surface area contributed by atoms with Crippen molar-refractivity contribution < 1.29 is 4.79 Å². The summed E-state index contributed by atoms with van der Waals surface area (Å²) in [6.07, 6.45) is 0. The summed E-state index contributed by atoms with van der Waals surface area (Å²) in [6, 6.07) is 10.4. The maximum Gasteiger partial charge on any atom is 0.257 e. The molecule has 2 nitrogen and oxygen atoms in total. The van der Waals surface area contributed by atoms with Gasteiger partial charge >= 0.3 is 0 Å². The molecule has 1 N–H and O–H groups in total. The largest absolute Gasteiger partial charge is 0.321 e. The van der Waals surface area contributed by atoms with E-state index < -0.39 is 0 Å². The van der Waals surface area contributed by atoms with Gasteiger partial charge in [0.05, 0.1) is 16.3 Å². The number of amides is 1. The summed E-state index contributed by atoms with van der Waals surface area (Å²) < 4.78 is 1.84. The number of anilines is 1. The molecule has 2 aromatic rings. The molecule has 1 amide bonds. The molecule has 0 aromatic heterocycles. The number of rotatable bonds is 2. The zero-order chi connectivity index (χ0) is 14.0. The highest BCUT2D eigenvalue weighted by atomic mass is 127. The quantitative estimate of drug-likeness (QED) is 0.568. The van der Waals surface area contributed by atoms with Crippen molar-refractivity contribution in [3.63, 3.8) is 0 Å². The second kappa shape index (κ2) is 6.43. The highest BCUT2D eigenvalue weighted by Crippen LogP contribution is 2.25. The average Bonchev–Trinajstić information content (AvgIpc) is 2.33. The SMILES string of the molecule is O=C(Nc1cc(Br)ccc1I)c1ccc(Cl)cc1Cl. The Morgan fingerprint density at radius 1 is 1.16 bits per heavy atom. The number of carbonyl (C=O) groups is 1. The molecular formula is C13H7BrCl2INO. The molecule has 0 bridgehead atoms. The van der Waals surface area contributed by atoms with Crippen molar-refractivity contribution in [1.29, 1.82) is 0 Å². The van der Waals surface area contributed by atoms with E-state index in [-0.39, 0.29) is 5.91 Å². The highest BCUT2D eigenvalue weighted by molar-refractivity contribution is 14.1. The van der Waals surface area contributed by atoms with E-state index in [1.807, 2.05) is 18.2 Å². The molecule has 0 fully saturated rings. The Hall–Kier alpha value is -0.300. The first-order valence-electron chi connectivity index (χ1n) is 5.19. The van der Waals surface area contributed by atoms with Gasteiger partial charge in [-0.25, -0.2) is 0 Å². The third-order valence-electron chi connectivity index (χ3n) is 2.35. The van der Waals surface area contributed by atoms with Crippen molar-refractivity contribution in [2.45, 2.75) is 0 Å². The topological polar surface area (TPSA) is 29.1 Å². The van der Waals surface area contributed by atoms with Crippen LogP contribution >= 0.6 is 61.7 Å². The molecule has 0 saturated heterocycles. The molecule has 19 heavy (non-hydrogen) atoms. The lowest BCUT2D eigenvalue weighted by molar-refractivity contribution is 0.102. The minimum Gasteiger partial charge on any atom is -0.321 e. The van der Waals surface area contributed by atoms with Gasteiger partial charge in [0.15, 0.2) is 0 Å². The van der Waals surface area contributed by atoms with E-state index in [0.29, 0.717) is 15.6 Å². The second-order valence-electron chi connectivity index (χ2n) is 3.70. The maximum absolute atomic E-state index is 12.2. The van der Waals surface area contributed by atoms with Crippen molar-refractivity contribution in [3.8, 4) is 0 Å². The van der Waals surface area contributed by atoms with E-state index in [4.69, 9.17) is 23.2 Å². The first-order chi connectivity index (χ1) is 8.97. The zero-order valence-electron chi connectivity index (χ0n) is 9.38. The van der Waals surface area contributed by atoms with E-state index >= 15 is 0 Å². The van der Waals surface area contributed by atoms with E-state index in [0.717, 1.165) is 13.7 Å².